The Morgan fingerprint density at radius 1 is 1.11 bits per heavy atom. The number of aryl methyl sites for hydroxylation is 1. The van der Waals surface area contributed by atoms with E-state index >= 15 is 0 Å². The molecule has 1 heterocycles. The van der Waals surface area contributed by atoms with Crippen molar-refractivity contribution in [3.05, 3.63) is 59.2 Å². The second-order valence-corrected chi connectivity index (χ2v) is 4.70. The van der Waals surface area contributed by atoms with Crippen LogP contribution >= 0.6 is 0 Å². The predicted octanol–water partition coefficient (Wildman–Crippen LogP) is 2.82. The van der Waals surface area contributed by atoms with E-state index in [-0.39, 0.29) is 5.78 Å². The van der Waals surface area contributed by atoms with Crippen molar-refractivity contribution in [1.29, 1.82) is 0 Å². The van der Waals surface area contributed by atoms with Gasteiger partial charge in [-0.15, -0.1) is 0 Å². The molecule has 0 amide bonds. The van der Waals surface area contributed by atoms with E-state index in [9.17, 15) is 4.79 Å². The molecular weight excluding hydrogens is 238 g/mol. The third-order valence-corrected chi connectivity index (χ3v) is 3.35. The lowest BCUT2D eigenvalue weighted by molar-refractivity contribution is 0.103. The molecule has 0 aliphatic carbocycles. The summed E-state index contributed by atoms with van der Waals surface area (Å²) in [6, 6.07) is 12.7. The number of nitrogens with two attached hydrogens (primary N) is 1. The molecule has 3 heteroatoms. The molecule has 1 aliphatic rings. The van der Waals surface area contributed by atoms with Crippen LogP contribution in [-0.2, 0) is 6.42 Å². The molecule has 0 saturated heterocycles. The lowest BCUT2D eigenvalue weighted by atomic mass is 9.97. The molecule has 0 spiro atoms. The smallest absolute Gasteiger partial charge is 0.196 e. The fraction of sp³-hybridized carbons (Fsp3) is 0.188. The fourth-order valence-corrected chi connectivity index (χ4v) is 2.36. The summed E-state index contributed by atoms with van der Waals surface area (Å²) < 4.78 is 5.68. The number of carbonyl (C=O) groups is 1. The first-order valence-corrected chi connectivity index (χ1v) is 6.40. The van der Waals surface area contributed by atoms with Crippen LogP contribution in [0.15, 0.2) is 42.5 Å². The Bertz CT molecular complexity index is 617. The molecule has 0 fully saturated rings. The van der Waals surface area contributed by atoms with Gasteiger partial charge in [-0.2, -0.15) is 0 Å². The van der Waals surface area contributed by atoms with Gasteiger partial charge in [0.05, 0.1) is 12.2 Å². The average molecular weight is 253 g/mol. The van der Waals surface area contributed by atoms with Crippen molar-refractivity contribution in [3.63, 3.8) is 0 Å². The first kappa shape index (κ1) is 11.8. The van der Waals surface area contributed by atoms with E-state index in [0.717, 1.165) is 24.2 Å². The number of anilines is 1. The highest BCUT2D eigenvalue weighted by Gasteiger charge is 2.19. The number of carbonyl (C=O) groups excluding carboxylic acids is 1. The van der Waals surface area contributed by atoms with Crippen LogP contribution in [0.4, 0.5) is 5.69 Å². The van der Waals surface area contributed by atoms with Gasteiger partial charge in [0.15, 0.2) is 5.78 Å². The van der Waals surface area contributed by atoms with Gasteiger partial charge in [-0.05, 0) is 48.7 Å². The van der Waals surface area contributed by atoms with Gasteiger partial charge in [-0.25, -0.2) is 0 Å². The van der Waals surface area contributed by atoms with Crippen molar-refractivity contribution in [2.45, 2.75) is 12.8 Å². The molecule has 0 bridgehead atoms. The van der Waals surface area contributed by atoms with Crippen LogP contribution < -0.4 is 10.5 Å². The third kappa shape index (κ3) is 2.19. The summed E-state index contributed by atoms with van der Waals surface area (Å²) >= 11 is 0. The number of benzene rings is 2. The minimum Gasteiger partial charge on any atom is -0.493 e. The minimum atomic E-state index is -0.0150. The number of hydrogen-bond donors (Lipinski definition) is 1. The lowest BCUT2D eigenvalue weighted by Crippen LogP contribution is -2.13. The largest absolute Gasteiger partial charge is 0.493 e. The zero-order valence-electron chi connectivity index (χ0n) is 10.6. The van der Waals surface area contributed by atoms with Gasteiger partial charge in [0.25, 0.3) is 0 Å². The van der Waals surface area contributed by atoms with Crippen LogP contribution in [0.1, 0.15) is 27.9 Å². The highest BCUT2D eigenvalue weighted by molar-refractivity contribution is 6.11. The number of fused-ring (bicyclic) bond motifs is 1. The summed E-state index contributed by atoms with van der Waals surface area (Å²) in [6.07, 6.45) is 1.98. The van der Waals surface area contributed by atoms with Gasteiger partial charge in [0.2, 0.25) is 0 Å². The second-order valence-electron chi connectivity index (χ2n) is 4.70. The van der Waals surface area contributed by atoms with Crippen LogP contribution in [-0.4, -0.2) is 12.4 Å². The van der Waals surface area contributed by atoms with Crippen LogP contribution in [0.25, 0.3) is 0 Å². The summed E-state index contributed by atoms with van der Waals surface area (Å²) in [7, 11) is 0. The molecule has 0 atom stereocenters. The minimum absolute atomic E-state index is 0.0150. The normalized spacial score (nSPS) is 13.5. The lowest BCUT2D eigenvalue weighted by Gasteiger charge is -2.19. The molecule has 0 radical (unpaired) electrons. The summed E-state index contributed by atoms with van der Waals surface area (Å²) in [6.45, 7) is 0.680. The number of ketones is 1. The molecule has 2 aromatic carbocycles. The van der Waals surface area contributed by atoms with Crippen molar-refractivity contribution in [1.82, 2.24) is 0 Å². The van der Waals surface area contributed by atoms with Crippen LogP contribution in [0.3, 0.4) is 0 Å². The van der Waals surface area contributed by atoms with E-state index < -0.39 is 0 Å². The summed E-state index contributed by atoms with van der Waals surface area (Å²) in [4.78, 5) is 12.5. The van der Waals surface area contributed by atoms with Crippen molar-refractivity contribution < 1.29 is 9.53 Å². The van der Waals surface area contributed by atoms with E-state index in [0.29, 0.717) is 23.4 Å². The molecule has 3 rings (SSSR count). The Morgan fingerprint density at radius 2 is 1.89 bits per heavy atom. The molecule has 0 saturated carbocycles. The Hall–Kier alpha value is -2.29. The van der Waals surface area contributed by atoms with Gasteiger partial charge in [0, 0.05) is 11.3 Å². The van der Waals surface area contributed by atoms with Crippen LogP contribution in [0.2, 0.25) is 0 Å². The van der Waals surface area contributed by atoms with Gasteiger partial charge in [-0.1, -0.05) is 12.1 Å². The topological polar surface area (TPSA) is 52.3 Å². The highest BCUT2D eigenvalue weighted by Crippen LogP contribution is 2.30. The fourth-order valence-electron chi connectivity index (χ4n) is 2.36. The van der Waals surface area contributed by atoms with Crippen molar-refractivity contribution in [2.24, 2.45) is 0 Å². The van der Waals surface area contributed by atoms with Crippen molar-refractivity contribution >= 4 is 11.5 Å². The maximum absolute atomic E-state index is 12.5. The first-order valence-electron chi connectivity index (χ1n) is 6.40. The van der Waals surface area contributed by atoms with Gasteiger partial charge < -0.3 is 10.5 Å². The zero-order valence-corrected chi connectivity index (χ0v) is 10.6. The number of nitrogen functional groups attached to an aromatic ring is 1. The highest BCUT2D eigenvalue weighted by atomic mass is 16.5. The summed E-state index contributed by atoms with van der Waals surface area (Å²) in [5.74, 6) is 0.731. The molecule has 1 aliphatic heterocycles. The van der Waals surface area contributed by atoms with E-state index in [1.165, 1.54) is 0 Å². The third-order valence-electron chi connectivity index (χ3n) is 3.35. The Morgan fingerprint density at radius 3 is 2.68 bits per heavy atom. The molecular formula is C16H15NO2. The number of ether oxygens (including phenoxy) is 1. The standard InChI is InChI=1S/C16H15NO2/c17-13-8-6-11(7-9-13)15(18)14-5-1-3-12-4-2-10-19-16(12)14/h1,3,5-9H,2,4,10,17H2. The maximum atomic E-state index is 12.5. The zero-order chi connectivity index (χ0) is 13.2. The van der Waals surface area contributed by atoms with E-state index in [4.69, 9.17) is 10.5 Å². The van der Waals surface area contributed by atoms with Gasteiger partial charge in [0.1, 0.15) is 5.75 Å². The van der Waals surface area contributed by atoms with E-state index in [1.807, 2.05) is 18.2 Å². The van der Waals surface area contributed by atoms with Crippen molar-refractivity contribution in [2.75, 3.05) is 12.3 Å². The van der Waals surface area contributed by atoms with Gasteiger partial charge in [-0.3, -0.25) is 4.79 Å². The van der Waals surface area contributed by atoms with Gasteiger partial charge >= 0.3 is 0 Å². The number of rotatable bonds is 2. The van der Waals surface area contributed by atoms with Crippen LogP contribution in [0, 0.1) is 0 Å². The number of para-hydroxylation sites is 1. The molecule has 2 N–H and O–H groups in total. The quantitative estimate of drug-likeness (QED) is 0.661. The number of hydrogen-bond acceptors (Lipinski definition) is 3. The van der Waals surface area contributed by atoms with E-state index in [2.05, 4.69) is 0 Å². The molecule has 96 valence electrons. The summed E-state index contributed by atoms with van der Waals surface area (Å²) in [5, 5.41) is 0. The average Bonchev–Trinajstić information content (AvgIpc) is 2.47. The first-order chi connectivity index (χ1) is 9.25. The SMILES string of the molecule is Nc1ccc(C(=O)c2cccc3c2OCCC3)cc1. The van der Waals surface area contributed by atoms with Crippen molar-refractivity contribution in [3.8, 4) is 5.75 Å². The Balaban J connectivity index is 2.02. The van der Waals surface area contributed by atoms with Crippen LogP contribution in [0.5, 0.6) is 5.75 Å². The molecule has 19 heavy (non-hydrogen) atoms. The molecule has 2 aromatic rings. The Labute approximate surface area is 112 Å². The van der Waals surface area contributed by atoms with E-state index in [1.54, 1.807) is 24.3 Å². The second kappa shape index (κ2) is 4.76. The monoisotopic (exact) mass is 253 g/mol. The summed E-state index contributed by atoms with van der Waals surface area (Å²) in [5.41, 5.74) is 8.69. The Kier molecular flexibility index (Phi) is 2.95. The maximum Gasteiger partial charge on any atom is 0.196 e. The molecule has 0 aromatic heterocycles. The molecule has 3 nitrogen and oxygen atoms in total. The molecule has 0 unspecified atom stereocenters. The predicted molar refractivity (Wildman–Crippen MR) is 74.5 cm³/mol.